The molecular formula is C21H22N4O4. The van der Waals surface area contributed by atoms with Gasteiger partial charge in [0.15, 0.2) is 0 Å². The number of benzene rings is 2. The zero-order valence-corrected chi connectivity index (χ0v) is 16.3. The zero-order chi connectivity index (χ0) is 20.8. The lowest BCUT2D eigenvalue weighted by atomic mass is 10.1. The summed E-state index contributed by atoms with van der Waals surface area (Å²) < 4.78 is 4.67. The Morgan fingerprint density at radius 2 is 1.83 bits per heavy atom. The van der Waals surface area contributed by atoms with Gasteiger partial charge in [-0.05, 0) is 43.2 Å². The molecule has 0 fully saturated rings. The summed E-state index contributed by atoms with van der Waals surface area (Å²) in [6, 6.07) is 14.4. The van der Waals surface area contributed by atoms with Crippen molar-refractivity contribution >= 4 is 29.3 Å². The molecule has 0 saturated heterocycles. The lowest BCUT2D eigenvalue weighted by Crippen LogP contribution is -2.55. The van der Waals surface area contributed by atoms with Crippen LogP contribution in [0.3, 0.4) is 0 Å². The Balaban J connectivity index is 1.54. The van der Waals surface area contributed by atoms with Gasteiger partial charge in [0.05, 0.1) is 18.4 Å². The fraction of sp³-hybridized carbons (Fsp3) is 0.238. The molecule has 0 bridgehead atoms. The van der Waals surface area contributed by atoms with E-state index in [0.717, 1.165) is 11.1 Å². The van der Waals surface area contributed by atoms with E-state index in [4.69, 9.17) is 0 Å². The van der Waals surface area contributed by atoms with E-state index >= 15 is 0 Å². The number of ether oxygens (including phenoxy) is 1. The number of nitrogens with one attached hydrogen (secondary N) is 2. The minimum absolute atomic E-state index is 0.0891. The van der Waals surface area contributed by atoms with Gasteiger partial charge in [-0.15, -0.1) is 0 Å². The van der Waals surface area contributed by atoms with Gasteiger partial charge in [-0.3, -0.25) is 20.0 Å². The number of hydrogen-bond acceptors (Lipinski definition) is 6. The lowest BCUT2D eigenvalue weighted by Gasteiger charge is -2.27. The summed E-state index contributed by atoms with van der Waals surface area (Å²) >= 11 is 0. The number of amides is 2. The second kappa shape index (κ2) is 9.01. The number of nitrogens with zero attached hydrogens (tertiary/aromatic N) is 2. The van der Waals surface area contributed by atoms with Gasteiger partial charge in [0, 0.05) is 6.54 Å². The first-order valence-electron chi connectivity index (χ1n) is 9.14. The molecule has 2 aromatic rings. The summed E-state index contributed by atoms with van der Waals surface area (Å²) in [5.74, 6) is -0.929. The molecule has 2 amide bonds. The highest BCUT2D eigenvalue weighted by Crippen LogP contribution is 2.15. The number of aryl methyl sites for hydroxylation is 1. The van der Waals surface area contributed by atoms with Crippen LogP contribution in [0, 0.1) is 6.92 Å². The van der Waals surface area contributed by atoms with Gasteiger partial charge >= 0.3 is 5.97 Å². The first-order valence-corrected chi connectivity index (χ1v) is 9.14. The Bertz CT molecular complexity index is 936. The van der Waals surface area contributed by atoms with E-state index in [9.17, 15) is 14.4 Å². The Morgan fingerprint density at radius 3 is 2.48 bits per heavy atom. The summed E-state index contributed by atoms with van der Waals surface area (Å²) in [6.45, 7) is 2.24. The maximum Gasteiger partial charge on any atom is 0.337 e. The lowest BCUT2D eigenvalue weighted by molar-refractivity contribution is -0.118. The van der Waals surface area contributed by atoms with E-state index in [1.165, 1.54) is 12.1 Å². The van der Waals surface area contributed by atoms with Gasteiger partial charge in [-0.1, -0.05) is 29.8 Å². The maximum absolute atomic E-state index is 12.4. The number of hydrazine groups is 1. The first kappa shape index (κ1) is 20.1. The summed E-state index contributed by atoms with van der Waals surface area (Å²) in [7, 11) is 1.33. The van der Waals surface area contributed by atoms with Crippen LogP contribution in [-0.2, 0) is 20.7 Å². The smallest absolute Gasteiger partial charge is 0.337 e. The fourth-order valence-electron chi connectivity index (χ4n) is 2.78. The zero-order valence-electron chi connectivity index (χ0n) is 16.3. The summed E-state index contributed by atoms with van der Waals surface area (Å²) in [4.78, 5) is 40.0. The third-order valence-electron chi connectivity index (χ3n) is 4.42. The molecule has 8 heteroatoms. The maximum atomic E-state index is 12.4. The molecule has 0 atom stereocenters. The largest absolute Gasteiger partial charge is 0.465 e. The number of aliphatic imine (C=N–C) groups is 1. The standard InChI is InChI=1S/C21H22N4O4/c1-14-3-9-17(10-4-14)25-18(26)13-23-19(24-25)20(27)22-12-11-15-5-7-16(8-6-15)21(28)29-2/h3-10H,11-13H2,1-2H3,(H,22,27)(H,23,24). The average Bonchev–Trinajstić information content (AvgIpc) is 2.74. The summed E-state index contributed by atoms with van der Waals surface area (Å²) in [6.07, 6.45) is 0.584. The van der Waals surface area contributed by atoms with Gasteiger partial charge in [-0.25, -0.2) is 9.80 Å². The SMILES string of the molecule is COC(=O)c1ccc(CCNC(=O)C2=NCC(=O)N(c3ccc(C)cc3)N2)cc1. The molecule has 29 heavy (non-hydrogen) atoms. The molecule has 0 aromatic heterocycles. The van der Waals surface area contributed by atoms with Gasteiger partial charge < -0.3 is 10.1 Å². The van der Waals surface area contributed by atoms with Crippen LogP contribution in [-0.4, -0.2) is 43.8 Å². The Hall–Kier alpha value is -3.68. The Morgan fingerprint density at radius 1 is 1.14 bits per heavy atom. The number of amidine groups is 1. The molecule has 2 aromatic carbocycles. The minimum atomic E-state index is -0.390. The van der Waals surface area contributed by atoms with E-state index in [1.54, 1.807) is 24.3 Å². The van der Waals surface area contributed by atoms with Crippen LogP contribution in [0.2, 0.25) is 0 Å². The van der Waals surface area contributed by atoms with Crippen LogP contribution >= 0.6 is 0 Å². The van der Waals surface area contributed by atoms with Crippen molar-refractivity contribution in [2.75, 3.05) is 25.2 Å². The molecule has 1 aliphatic heterocycles. The third kappa shape index (κ3) is 4.98. The molecular weight excluding hydrogens is 372 g/mol. The molecule has 3 rings (SSSR count). The second-order valence-electron chi connectivity index (χ2n) is 6.54. The Kier molecular flexibility index (Phi) is 6.23. The van der Waals surface area contributed by atoms with Crippen molar-refractivity contribution < 1.29 is 19.1 Å². The van der Waals surface area contributed by atoms with Crippen molar-refractivity contribution in [3.63, 3.8) is 0 Å². The third-order valence-corrected chi connectivity index (χ3v) is 4.42. The highest BCUT2D eigenvalue weighted by Gasteiger charge is 2.25. The molecule has 8 nitrogen and oxygen atoms in total. The highest BCUT2D eigenvalue weighted by molar-refractivity contribution is 6.39. The van der Waals surface area contributed by atoms with E-state index in [2.05, 4.69) is 20.5 Å². The first-order chi connectivity index (χ1) is 14.0. The van der Waals surface area contributed by atoms with E-state index in [-0.39, 0.29) is 30.2 Å². The molecule has 2 N–H and O–H groups in total. The fourth-order valence-corrected chi connectivity index (χ4v) is 2.78. The monoisotopic (exact) mass is 394 g/mol. The van der Waals surface area contributed by atoms with Crippen molar-refractivity contribution in [2.24, 2.45) is 4.99 Å². The summed E-state index contributed by atoms with van der Waals surface area (Å²) in [5.41, 5.74) is 5.94. The average molecular weight is 394 g/mol. The normalized spacial score (nSPS) is 13.4. The predicted molar refractivity (Wildman–Crippen MR) is 109 cm³/mol. The van der Waals surface area contributed by atoms with E-state index < -0.39 is 0 Å². The van der Waals surface area contributed by atoms with Crippen LogP contribution in [0.4, 0.5) is 5.69 Å². The molecule has 0 unspecified atom stereocenters. The van der Waals surface area contributed by atoms with Crippen molar-refractivity contribution in [1.82, 2.24) is 10.7 Å². The molecule has 0 saturated carbocycles. The number of esters is 1. The van der Waals surface area contributed by atoms with Gasteiger partial charge in [0.25, 0.3) is 11.8 Å². The minimum Gasteiger partial charge on any atom is -0.465 e. The summed E-state index contributed by atoms with van der Waals surface area (Å²) in [5, 5.41) is 4.11. The molecule has 150 valence electrons. The Labute approximate surface area is 168 Å². The number of methoxy groups -OCH3 is 1. The van der Waals surface area contributed by atoms with Gasteiger partial charge in [0.1, 0.15) is 6.54 Å². The van der Waals surface area contributed by atoms with Gasteiger partial charge in [-0.2, -0.15) is 0 Å². The number of carbonyl (C=O) groups excluding carboxylic acids is 3. The van der Waals surface area contributed by atoms with Crippen LogP contribution in [0.15, 0.2) is 53.5 Å². The van der Waals surface area contributed by atoms with Crippen LogP contribution in [0.5, 0.6) is 0 Å². The van der Waals surface area contributed by atoms with Crippen LogP contribution < -0.4 is 15.8 Å². The van der Waals surface area contributed by atoms with Crippen molar-refractivity contribution in [1.29, 1.82) is 0 Å². The molecule has 0 spiro atoms. The van der Waals surface area contributed by atoms with Gasteiger partial charge in [0.2, 0.25) is 5.84 Å². The van der Waals surface area contributed by atoms with Crippen molar-refractivity contribution in [3.8, 4) is 0 Å². The number of rotatable bonds is 6. The van der Waals surface area contributed by atoms with E-state index in [1.807, 2.05) is 31.2 Å². The molecule has 0 aliphatic carbocycles. The highest BCUT2D eigenvalue weighted by atomic mass is 16.5. The second-order valence-corrected chi connectivity index (χ2v) is 6.54. The predicted octanol–water partition coefficient (Wildman–Crippen LogP) is 1.39. The molecule has 1 aliphatic rings. The number of carbonyl (C=O) groups is 3. The molecule has 1 heterocycles. The quantitative estimate of drug-likeness (QED) is 0.722. The molecule has 0 radical (unpaired) electrons. The number of hydrogen-bond donors (Lipinski definition) is 2. The van der Waals surface area contributed by atoms with Crippen LogP contribution in [0.1, 0.15) is 21.5 Å². The van der Waals surface area contributed by atoms with E-state index in [0.29, 0.717) is 24.2 Å². The topological polar surface area (TPSA) is 100 Å². The number of anilines is 1. The van der Waals surface area contributed by atoms with Crippen molar-refractivity contribution in [3.05, 3.63) is 65.2 Å². The van der Waals surface area contributed by atoms with Crippen molar-refractivity contribution in [2.45, 2.75) is 13.3 Å². The van der Waals surface area contributed by atoms with Crippen LogP contribution in [0.25, 0.3) is 0 Å².